The van der Waals surface area contributed by atoms with E-state index in [9.17, 15) is 9.59 Å². The molecule has 0 aliphatic heterocycles. The second-order valence-corrected chi connectivity index (χ2v) is 5.13. The van der Waals surface area contributed by atoms with Crippen LogP contribution < -0.4 is 10.1 Å². The topological polar surface area (TPSA) is 77.8 Å². The molecule has 0 fully saturated rings. The number of anilines is 1. The molecule has 1 aromatic heterocycles. The standard InChI is InChI=1S/C17H19NO5/c1-10-5-6-15(21-4)14(9-10)18-16(19)12(3)23-17(20)13-7-8-22-11(13)2/h5-9,12H,1-4H3,(H,18,19)/t12-/m0/s1. The second kappa shape index (κ2) is 7.00. The number of methoxy groups -OCH3 is 1. The number of benzene rings is 1. The van der Waals surface area contributed by atoms with Crippen molar-refractivity contribution in [2.75, 3.05) is 12.4 Å². The number of carbonyl (C=O) groups is 2. The largest absolute Gasteiger partial charge is 0.495 e. The SMILES string of the molecule is COc1ccc(C)cc1NC(=O)[C@H](C)OC(=O)c1ccoc1C. The van der Waals surface area contributed by atoms with Crippen LogP contribution >= 0.6 is 0 Å². The number of hydrogen-bond donors (Lipinski definition) is 1. The van der Waals surface area contributed by atoms with E-state index in [-0.39, 0.29) is 0 Å². The molecule has 1 heterocycles. The molecule has 122 valence electrons. The minimum Gasteiger partial charge on any atom is -0.495 e. The number of ether oxygens (including phenoxy) is 2. The summed E-state index contributed by atoms with van der Waals surface area (Å²) in [5, 5.41) is 2.70. The first-order valence-electron chi connectivity index (χ1n) is 7.13. The van der Waals surface area contributed by atoms with Crippen LogP contribution in [0.1, 0.15) is 28.6 Å². The van der Waals surface area contributed by atoms with Gasteiger partial charge in [0.1, 0.15) is 17.1 Å². The van der Waals surface area contributed by atoms with Gasteiger partial charge in [0.25, 0.3) is 5.91 Å². The molecule has 1 amide bonds. The van der Waals surface area contributed by atoms with Crippen LogP contribution in [0.2, 0.25) is 0 Å². The number of hydrogen-bond acceptors (Lipinski definition) is 5. The molecule has 6 heteroatoms. The van der Waals surface area contributed by atoms with Gasteiger partial charge in [-0.3, -0.25) is 4.79 Å². The molecule has 0 spiro atoms. The molecule has 1 atom stereocenters. The predicted octanol–water partition coefficient (Wildman–Crippen LogP) is 3.09. The van der Waals surface area contributed by atoms with Crippen LogP contribution in [0.15, 0.2) is 34.9 Å². The Morgan fingerprint density at radius 3 is 2.57 bits per heavy atom. The van der Waals surface area contributed by atoms with Gasteiger partial charge in [-0.05, 0) is 44.5 Å². The fraction of sp³-hybridized carbons (Fsp3) is 0.294. The van der Waals surface area contributed by atoms with Crippen molar-refractivity contribution in [2.45, 2.75) is 26.9 Å². The molecular weight excluding hydrogens is 298 g/mol. The summed E-state index contributed by atoms with van der Waals surface area (Å²) in [7, 11) is 1.52. The van der Waals surface area contributed by atoms with Crippen molar-refractivity contribution in [1.82, 2.24) is 0 Å². The van der Waals surface area contributed by atoms with Crippen LogP contribution in [0, 0.1) is 13.8 Å². The predicted molar refractivity (Wildman–Crippen MR) is 84.7 cm³/mol. The number of nitrogens with one attached hydrogen (secondary N) is 1. The summed E-state index contributed by atoms with van der Waals surface area (Å²) in [6.45, 7) is 5.06. The van der Waals surface area contributed by atoms with E-state index < -0.39 is 18.0 Å². The van der Waals surface area contributed by atoms with Gasteiger partial charge in [-0.1, -0.05) is 6.07 Å². The van der Waals surface area contributed by atoms with Gasteiger partial charge in [0.15, 0.2) is 6.10 Å². The van der Waals surface area contributed by atoms with Gasteiger partial charge in [-0.2, -0.15) is 0 Å². The zero-order valence-electron chi connectivity index (χ0n) is 13.5. The Balaban J connectivity index is 2.04. The fourth-order valence-electron chi connectivity index (χ4n) is 2.03. The van der Waals surface area contributed by atoms with Crippen molar-refractivity contribution in [3.63, 3.8) is 0 Å². The van der Waals surface area contributed by atoms with Crippen molar-refractivity contribution in [3.8, 4) is 5.75 Å². The highest BCUT2D eigenvalue weighted by molar-refractivity contribution is 5.98. The lowest BCUT2D eigenvalue weighted by molar-refractivity contribution is -0.123. The summed E-state index contributed by atoms with van der Waals surface area (Å²) >= 11 is 0. The molecule has 0 saturated heterocycles. The summed E-state index contributed by atoms with van der Waals surface area (Å²) in [4.78, 5) is 24.2. The van der Waals surface area contributed by atoms with E-state index in [2.05, 4.69) is 5.32 Å². The maximum absolute atomic E-state index is 12.2. The van der Waals surface area contributed by atoms with E-state index in [0.29, 0.717) is 22.8 Å². The molecule has 1 N–H and O–H groups in total. The molecular formula is C17H19NO5. The quantitative estimate of drug-likeness (QED) is 0.857. The number of amides is 1. The number of aryl methyl sites for hydroxylation is 2. The van der Waals surface area contributed by atoms with Crippen molar-refractivity contribution in [1.29, 1.82) is 0 Å². The molecule has 0 bridgehead atoms. The average molecular weight is 317 g/mol. The first-order chi connectivity index (χ1) is 10.9. The molecule has 23 heavy (non-hydrogen) atoms. The van der Waals surface area contributed by atoms with Gasteiger partial charge >= 0.3 is 5.97 Å². The molecule has 1 aromatic carbocycles. The highest BCUT2D eigenvalue weighted by Gasteiger charge is 2.22. The van der Waals surface area contributed by atoms with Gasteiger partial charge in [-0.15, -0.1) is 0 Å². The van der Waals surface area contributed by atoms with Gasteiger partial charge in [-0.25, -0.2) is 4.79 Å². The van der Waals surface area contributed by atoms with Crippen molar-refractivity contribution >= 4 is 17.6 Å². The minimum absolute atomic E-state index is 0.304. The lowest BCUT2D eigenvalue weighted by Gasteiger charge is -2.15. The number of furan rings is 1. The van der Waals surface area contributed by atoms with Gasteiger partial charge < -0.3 is 19.2 Å². The van der Waals surface area contributed by atoms with Crippen molar-refractivity contribution < 1.29 is 23.5 Å². The van der Waals surface area contributed by atoms with E-state index in [0.717, 1.165) is 5.56 Å². The van der Waals surface area contributed by atoms with Crippen LogP contribution in [-0.2, 0) is 9.53 Å². The lowest BCUT2D eigenvalue weighted by Crippen LogP contribution is -2.30. The molecule has 6 nitrogen and oxygen atoms in total. The van der Waals surface area contributed by atoms with E-state index >= 15 is 0 Å². The van der Waals surface area contributed by atoms with Crippen LogP contribution in [0.3, 0.4) is 0 Å². The lowest BCUT2D eigenvalue weighted by atomic mass is 10.2. The summed E-state index contributed by atoms with van der Waals surface area (Å²) in [6.07, 6.45) is 0.441. The van der Waals surface area contributed by atoms with E-state index in [1.165, 1.54) is 26.4 Å². The van der Waals surface area contributed by atoms with Crippen LogP contribution in [0.25, 0.3) is 0 Å². The van der Waals surface area contributed by atoms with E-state index in [4.69, 9.17) is 13.9 Å². The zero-order valence-corrected chi connectivity index (χ0v) is 13.5. The third kappa shape index (κ3) is 3.91. The highest BCUT2D eigenvalue weighted by Crippen LogP contribution is 2.25. The van der Waals surface area contributed by atoms with E-state index in [1.54, 1.807) is 19.1 Å². The molecule has 0 unspecified atom stereocenters. The molecule has 0 aliphatic carbocycles. The summed E-state index contributed by atoms with van der Waals surface area (Å²) in [5.74, 6) is -0.0605. The number of carbonyl (C=O) groups excluding carboxylic acids is 2. The molecule has 0 aliphatic rings. The molecule has 2 aromatic rings. The van der Waals surface area contributed by atoms with E-state index in [1.807, 2.05) is 13.0 Å². The third-order valence-electron chi connectivity index (χ3n) is 3.34. The minimum atomic E-state index is -0.956. The highest BCUT2D eigenvalue weighted by atomic mass is 16.5. The Bertz CT molecular complexity index is 720. The van der Waals surface area contributed by atoms with Crippen LogP contribution in [-0.4, -0.2) is 25.1 Å². The summed E-state index contributed by atoms with van der Waals surface area (Å²) in [5.41, 5.74) is 1.80. The normalized spacial score (nSPS) is 11.7. The van der Waals surface area contributed by atoms with Crippen molar-refractivity contribution in [3.05, 3.63) is 47.4 Å². The average Bonchev–Trinajstić information content (AvgIpc) is 2.93. The second-order valence-electron chi connectivity index (χ2n) is 5.13. The smallest absolute Gasteiger partial charge is 0.342 e. The fourth-order valence-corrected chi connectivity index (χ4v) is 2.03. The monoisotopic (exact) mass is 317 g/mol. The Labute approximate surface area is 134 Å². The third-order valence-corrected chi connectivity index (χ3v) is 3.34. The number of rotatable bonds is 5. The molecule has 2 rings (SSSR count). The van der Waals surface area contributed by atoms with Gasteiger partial charge in [0, 0.05) is 0 Å². The first-order valence-corrected chi connectivity index (χ1v) is 7.13. The maximum atomic E-state index is 12.2. The Kier molecular flexibility index (Phi) is 5.05. The van der Waals surface area contributed by atoms with Gasteiger partial charge in [0.05, 0.1) is 19.1 Å². The maximum Gasteiger partial charge on any atom is 0.342 e. The number of esters is 1. The summed E-state index contributed by atoms with van der Waals surface area (Å²) in [6, 6.07) is 6.92. The van der Waals surface area contributed by atoms with Gasteiger partial charge in [0.2, 0.25) is 0 Å². The Morgan fingerprint density at radius 2 is 1.96 bits per heavy atom. The molecule has 0 saturated carbocycles. The molecule has 0 radical (unpaired) electrons. The Morgan fingerprint density at radius 1 is 1.22 bits per heavy atom. The van der Waals surface area contributed by atoms with Crippen LogP contribution in [0.4, 0.5) is 5.69 Å². The summed E-state index contributed by atoms with van der Waals surface area (Å²) < 4.78 is 15.4. The van der Waals surface area contributed by atoms with Crippen molar-refractivity contribution in [2.24, 2.45) is 0 Å². The zero-order chi connectivity index (χ0) is 17.0. The first kappa shape index (κ1) is 16.6. The van der Waals surface area contributed by atoms with Crippen LogP contribution in [0.5, 0.6) is 5.75 Å². The Hall–Kier alpha value is -2.76.